The van der Waals surface area contributed by atoms with Gasteiger partial charge in [-0.05, 0) is 124 Å². The number of halogens is 3. The zero-order valence-electron chi connectivity index (χ0n) is 18.7. The van der Waals surface area contributed by atoms with Crippen LogP contribution in [0.1, 0.15) is 0 Å². The zero-order valence-corrected chi connectivity index (χ0v) is 24.6. The molecule has 0 bridgehead atoms. The number of para-hydroxylation sites is 1. The molecule has 0 unspecified atom stereocenters. The van der Waals surface area contributed by atoms with E-state index in [0.29, 0.717) is 0 Å². The molecule has 0 spiro atoms. The van der Waals surface area contributed by atoms with Gasteiger partial charge >= 0.3 is 0 Å². The van der Waals surface area contributed by atoms with Crippen LogP contribution in [0.5, 0.6) is 11.5 Å². The third-order valence-electron chi connectivity index (χ3n) is 7.44. The molecular weight excluding hydrogens is 734 g/mol. The molecule has 0 atom stereocenters. The van der Waals surface area contributed by atoms with Gasteiger partial charge in [0.05, 0.1) is 0 Å². The Kier molecular flexibility index (Phi) is 4.68. The lowest BCUT2D eigenvalue weighted by molar-refractivity contribution is 0.487. The van der Waals surface area contributed by atoms with Gasteiger partial charge in [-0.25, -0.2) is 0 Å². The Bertz CT molecular complexity index is 2040. The fourth-order valence-electron chi connectivity index (χ4n) is 5.90. The average molecular weight is 749 g/mol. The topological polar surface area (TPSA) is 9.23 Å². The maximum absolute atomic E-state index is 6.36. The van der Waals surface area contributed by atoms with Crippen molar-refractivity contribution in [3.8, 4) is 33.8 Å². The van der Waals surface area contributed by atoms with Crippen LogP contribution in [0.4, 0.5) is 0 Å². The number of fused-ring (bicyclic) bond motifs is 2. The third-order valence-corrected chi connectivity index (χ3v) is 9.88. The van der Waals surface area contributed by atoms with Crippen LogP contribution in [0, 0.1) is 7.14 Å². The Morgan fingerprint density at radius 2 is 1.14 bits per heavy atom. The van der Waals surface area contributed by atoms with Crippen molar-refractivity contribution in [2.24, 2.45) is 0 Å². The molecule has 1 nitrogen and oxygen atoms in total. The molecule has 1 heterocycles. The monoisotopic (exact) mass is 748 g/mol. The van der Waals surface area contributed by atoms with E-state index in [1.54, 1.807) is 0 Å². The summed E-state index contributed by atoms with van der Waals surface area (Å²) in [6.45, 7) is 0. The summed E-state index contributed by atoms with van der Waals surface area (Å²) < 4.78 is 10.0. The van der Waals surface area contributed by atoms with Crippen LogP contribution in [0.25, 0.3) is 65.3 Å². The van der Waals surface area contributed by atoms with Crippen LogP contribution in [-0.2, 0) is 0 Å². The molecule has 36 heavy (non-hydrogen) atoms. The molecule has 8 rings (SSSR count). The first kappa shape index (κ1) is 21.6. The van der Waals surface area contributed by atoms with Crippen LogP contribution in [0.15, 0.2) is 95.5 Å². The van der Waals surface area contributed by atoms with Crippen molar-refractivity contribution < 1.29 is 4.74 Å². The normalized spacial score (nSPS) is 12.5. The summed E-state index contributed by atoms with van der Waals surface area (Å²) in [7, 11) is 0. The van der Waals surface area contributed by atoms with E-state index in [-0.39, 0.29) is 0 Å². The average Bonchev–Trinajstić information content (AvgIpc) is 2.90. The largest absolute Gasteiger partial charge is 0.456 e. The Morgan fingerprint density at radius 1 is 0.472 bits per heavy atom. The molecule has 0 saturated heterocycles. The first-order valence-corrected chi connectivity index (χ1v) is 14.6. The molecule has 0 amide bonds. The van der Waals surface area contributed by atoms with Crippen LogP contribution < -0.4 is 4.74 Å². The molecule has 0 N–H and O–H groups in total. The van der Waals surface area contributed by atoms with Crippen molar-refractivity contribution >= 4 is 104 Å². The number of benzene rings is 7. The van der Waals surface area contributed by atoms with Gasteiger partial charge in [-0.1, -0.05) is 82.7 Å². The molecule has 1 aliphatic heterocycles. The summed E-state index contributed by atoms with van der Waals surface area (Å²) >= 11 is 8.79. The van der Waals surface area contributed by atoms with Crippen LogP contribution in [0.3, 0.4) is 0 Å². The number of hydrogen-bond acceptors (Lipinski definition) is 1. The summed E-state index contributed by atoms with van der Waals surface area (Å²) in [5.41, 5.74) is 4.89. The second kappa shape index (κ2) is 7.79. The highest BCUT2D eigenvalue weighted by Crippen LogP contribution is 2.50. The molecule has 4 heteroatoms. The van der Waals surface area contributed by atoms with Gasteiger partial charge in [0.15, 0.2) is 0 Å². The second-order valence-electron chi connectivity index (χ2n) is 9.26. The SMILES string of the molecule is Brc1cc(I)c2ccc3c(-c4ccc5c6c(cccc46)-c4ccccc4O5)cc(I)c4ccc1c2c43. The van der Waals surface area contributed by atoms with Crippen molar-refractivity contribution in [2.75, 3.05) is 0 Å². The highest BCUT2D eigenvalue weighted by molar-refractivity contribution is 14.1. The lowest BCUT2D eigenvalue weighted by Gasteiger charge is -2.23. The van der Waals surface area contributed by atoms with Crippen molar-refractivity contribution in [2.45, 2.75) is 0 Å². The first-order valence-electron chi connectivity index (χ1n) is 11.7. The molecule has 7 aromatic carbocycles. The quantitative estimate of drug-likeness (QED) is 0.120. The van der Waals surface area contributed by atoms with E-state index < -0.39 is 0 Å². The molecular formula is C32H15BrI2O. The standard InChI is InChI=1S/C32H15BrI2O/c33-25-15-27(35)23-10-8-20-24(14-26(34)22-11-9-21(25)32(23)31(20)22)16-12-13-29-30-18(16)5-3-6-19(30)17-4-1-2-7-28(17)36-29/h1-15H. The van der Waals surface area contributed by atoms with E-state index in [1.807, 2.05) is 12.1 Å². The maximum atomic E-state index is 6.36. The minimum Gasteiger partial charge on any atom is -0.456 e. The minimum atomic E-state index is 0.919. The highest BCUT2D eigenvalue weighted by Gasteiger charge is 2.23. The number of hydrogen-bond donors (Lipinski definition) is 0. The van der Waals surface area contributed by atoms with E-state index in [2.05, 4.69) is 140 Å². The Labute approximate surface area is 243 Å². The van der Waals surface area contributed by atoms with Gasteiger partial charge in [0.1, 0.15) is 11.5 Å². The van der Waals surface area contributed by atoms with Gasteiger partial charge in [0.2, 0.25) is 0 Å². The molecule has 0 fully saturated rings. The maximum Gasteiger partial charge on any atom is 0.135 e. The number of ether oxygens (including phenoxy) is 1. The highest BCUT2D eigenvalue weighted by atomic mass is 127. The lowest BCUT2D eigenvalue weighted by atomic mass is 9.86. The van der Waals surface area contributed by atoms with E-state index in [1.165, 1.54) is 66.9 Å². The van der Waals surface area contributed by atoms with Crippen molar-refractivity contribution in [1.82, 2.24) is 0 Å². The molecule has 0 radical (unpaired) electrons. The first-order chi connectivity index (χ1) is 17.6. The Balaban J connectivity index is 1.52. The predicted molar refractivity (Wildman–Crippen MR) is 172 cm³/mol. The smallest absolute Gasteiger partial charge is 0.135 e. The van der Waals surface area contributed by atoms with Gasteiger partial charge < -0.3 is 4.74 Å². The summed E-state index contributed by atoms with van der Waals surface area (Å²) in [6.07, 6.45) is 0. The second-order valence-corrected chi connectivity index (χ2v) is 12.4. The van der Waals surface area contributed by atoms with Gasteiger partial charge in [-0.2, -0.15) is 0 Å². The minimum absolute atomic E-state index is 0.919. The Hall–Kier alpha value is -2.42. The van der Waals surface area contributed by atoms with E-state index >= 15 is 0 Å². The molecule has 1 aliphatic rings. The zero-order chi connectivity index (χ0) is 24.1. The lowest BCUT2D eigenvalue weighted by Crippen LogP contribution is -1.98. The van der Waals surface area contributed by atoms with Crippen LogP contribution in [-0.4, -0.2) is 0 Å². The van der Waals surface area contributed by atoms with E-state index in [9.17, 15) is 0 Å². The summed E-state index contributed by atoms with van der Waals surface area (Å²) in [5.74, 6) is 1.84. The van der Waals surface area contributed by atoms with E-state index in [0.717, 1.165) is 21.5 Å². The number of rotatable bonds is 1. The van der Waals surface area contributed by atoms with Crippen LogP contribution in [0.2, 0.25) is 0 Å². The fraction of sp³-hybridized carbons (Fsp3) is 0. The fourth-order valence-corrected chi connectivity index (χ4v) is 8.41. The molecule has 0 aromatic heterocycles. The van der Waals surface area contributed by atoms with Gasteiger partial charge in [0, 0.05) is 22.6 Å². The Morgan fingerprint density at radius 3 is 2.00 bits per heavy atom. The van der Waals surface area contributed by atoms with Crippen LogP contribution >= 0.6 is 61.1 Å². The third kappa shape index (κ3) is 2.86. The van der Waals surface area contributed by atoms with Gasteiger partial charge in [-0.15, -0.1) is 0 Å². The van der Waals surface area contributed by atoms with Crippen molar-refractivity contribution in [1.29, 1.82) is 0 Å². The van der Waals surface area contributed by atoms with Crippen molar-refractivity contribution in [3.05, 3.63) is 103 Å². The molecule has 0 saturated carbocycles. The summed E-state index contributed by atoms with van der Waals surface area (Å²) in [5, 5.41) is 10.3. The van der Waals surface area contributed by atoms with Gasteiger partial charge in [-0.3, -0.25) is 0 Å². The molecule has 170 valence electrons. The summed E-state index contributed by atoms with van der Waals surface area (Å²) in [6, 6.07) is 33.0. The summed E-state index contributed by atoms with van der Waals surface area (Å²) in [4.78, 5) is 0. The van der Waals surface area contributed by atoms with Gasteiger partial charge in [0.25, 0.3) is 0 Å². The molecule has 0 aliphatic carbocycles. The predicted octanol–water partition coefficient (Wildman–Crippen LogP) is 11.1. The van der Waals surface area contributed by atoms with Crippen molar-refractivity contribution in [3.63, 3.8) is 0 Å². The molecule has 7 aromatic rings. The van der Waals surface area contributed by atoms with E-state index in [4.69, 9.17) is 4.74 Å².